The Labute approximate surface area is 146 Å². The van der Waals surface area contributed by atoms with Gasteiger partial charge in [-0.25, -0.2) is 0 Å². The number of benzene rings is 1. The molecule has 2 heterocycles. The van der Waals surface area contributed by atoms with E-state index in [-0.39, 0.29) is 24.8 Å². The Bertz CT molecular complexity index is 762. The quantitative estimate of drug-likeness (QED) is 0.749. The van der Waals surface area contributed by atoms with Crippen LogP contribution in [0, 0.1) is 18.8 Å². The zero-order chi connectivity index (χ0) is 17.8. The lowest BCUT2D eigenvalue weighted by Crippen LogP contribution is -2.39. The fourth-order valence-electron chi connectivity index (χ4n) is 3.62. The molecule has 1 atom stereocenters. The van der Waals surface area contributed by atoms with Crippen molar-refractivity contribution in [3.05, 3.63) is 35.5 Å². The minimum absolute atomic E-state index is 0.0573. The summed E-state index contributed by atoms with van der Waals surface area (Å²) in [6.07, 6.45) is 3.55. The zero-order valence-corrected chi connectivity index (χ0v) is 14.4. The topological polar surface area (TPSA) is 91.4 Å². The Hall–Kier alpha value is -2.34. The summed E-state index contributed by atoms with van der Waals surface area (Å²) < 4.78 is 5.29. The molecule has 1 fully saturated rings. The third-order valence-electron chi connectivity index (χ3n) is 5.02. The van der Waals surface area contributed by atoms with Crippen LogP contribution in [0.4, 0.5) is 0 Å². The molecular formula is C19H24N2O4. The number of nitrogens with one attached hydrogen (secondary N) is 2. The molecule has 1 saturated heterocycles. The number of ether oxygens (including phenoxy) is 1. The summed E-state index contributed by atoms with van der Waals surface area (Å²) in [5, 5.41) is 13.4. The molecule has 1 aromatic heterocycles. The van der Waals surface area contributed by atoms with E-state index in [4.69, 9.17) is 4.74 Å². The van der Waals surface area contributed by atoms with Crippen molar-refractivity contribution in [2.45, 2.75) is 26.2 Å². The van der Waals surface area contributed by atoms with Crippen LogP contribution >= 0.6 is 0 Å². The average Bonchev–Trinajstić information content (AvgIpc) is 3.00. The van der Waals surface area contributed by atoms with E-state index in [1.807, 2.05) is 31.3 Å². The molecule has 134 valence electrons. The van der Waals surface area contributed by atoms with E-state index in [2.05, 4.69) is 10.3 Å². The molecule has 0 bridgehead atoms. The molecule has 1 amide bonds. The van der Waals surface area contributed by atoms with Gasteiger partial charge in [0.2, 0.25) is 5.91 Å². The van der Waals surface area contributed by atoms with Gasteiger partial charge in [-0.15, -0.1) is 0 Å². The summed E-state index contributed by atoms with van der Waals surface area (Å²) >= 11 is 0. The average molecular weight is 344 g/mol. The third kappa shape index (κ3) is 4.02. The molecule has 2 aromatic rings. The Morgan fingerprint density at radius 1 is 1.36 bits per heavy atom. The highest BCUT2D eigenvalue weighted by atomic mass is 16.5. The molecule has 1 aliphatic rings. The van der Waals surface area contributed by atoms with Crippen molar-refractivity contribution < 1.29 is 19.4 Å². The van der Waals surface area contributed by atoms with Gasteiger partial charge in [0.05, 0.1) is 12.3 Å². The van der Waals surface area contributed by atoms with E-state index < -0.39 is 11.9 Å². The lowest BCUT2D eigenvalue weighted by molar-refractivity contribution is -0.144. The van der Waals surface area contributed by atoms with Gasteiger partial charge in [0.15, 0.2) is 0 Å². The molecule has 6 nitrogen and oxygen atoms in total. The Morgan fingerprint density at radius 2 is 2.12 bits per heavy atom. The normalized spacial score (nSPS) is 16.7. The minimum atomic E-state index is -0.852. The maximum Gasteiger partial charge on any atom is 0.308 e. The number of amides is 1. The summed E-state index contributed by atoms with van der Waals surface area (Å²) in [7, 11) is 0. The second-order valence-electron chi connectivity index (χ2n) is 6.69. The van der Waals surface area contributed by atoms with Crippen LogP contribution in [0.1, 0.15) is 24.0 Å². The van der Waals surface area contributed by atoms with Gasteiger partial charge < -0.3 is 20.1 Å². The van der Waals surface area contributed by atoms with E-state index in [9.17, 15) is 14.7 Å². The van der Waals surface area contributed by atoms with E-state index in [1.165, 1.54) is 0 Å². The fourth-order valence-corrected chi connectivity index (χ4v) is 3.62. The van der Waals surface area contributed by atoms with Gasteiger partial charge in [0.25, 0.3) is 0 Å². The molecule has 0 radical (unpaired) electrons. The minimum Gasteiger partial charge on any atom is -0.481 e. The van der Waals surface area contributed by atoms with Gasteiger partial charge in [-0.1, -0.05) is 12.1 Å². The molecule has 3 N–H and O–H groups in total. The van der Waals surface area contributed by atoms with Crippen molar-refractivity contribution >= 4 is 22.8 Å². The Morgan fingerprint density at radius 3 is 2.84 bits per heavy atom. The van der Waals surface area contributed by atoms with Crippen molar-refractivity contribution in [3.63, 3.8) is 0 Å². The lowest BCUT2D eigenvalue weighted by Gasteiger charge is -2.27. The van der Waals surface area contributed by atoms with E-state index in [0.29, 0.717) is 13.2 Å². The molecule has 1 unspecified atom stereocenters. The summed E-state index contributed by atoms with van der Waals surface area (Å²) in [6, 6.07) is 5.97. The van der Waals surface area contributed by atoms with Crippen molar-refractivity contribution in [3.8, 4) is 0 Å². The maximum atomic E-state index is 12.3. The van der Waals surface area contributed by atoms with Gasteiger partial charge in [-0.05, 0) is 42.9 Å². The number of hydrogen-bond donors (Lipinski definition) is 3. The van der Waals surface area contributed by atoms with Gasteiger partial charge in [-0.3, -0.25) is 9.59 Å². The molecule has 0 aliphatic carbocycles. The van der Waals surface area contributed by atoms with Gasteiger partial charge in [0.1, 0.15) is 0 Å². The van der Waals surface area contributed by atoms with Crippen LogP contribution in [-0.2, 0) is 20.7 Å². The summed E-state index contributed by atoms with van der Waals surface area (Å²) in [4.78, 5) is 27.1. The molecule has 6 heteroatoms. The first-order chi connectivity index (χ1) is 12.1. The number of carbonyl (C=O) groups is 2. The number of rotatable bonds is 6. The first-order valence-electron chi connectivity index (χ1n) is 8.69. The standard InChI is InChI=1S/C19H24N2O4/c1-12-3-2-4-16-18(12)14(10-20-16)9-17(22)21-11-15(19(23)24)13-5-7-25-8-6-13/h2-4,10,13,15,20H,5-9,11H2,1H3,(H,21,22)(H,23,24). The molecule has 3 rings (SSSR count). The molecule has 25 heavy (non-hydrogen) atoms. The van der Waals surface area contributed by atoms with Crippen LogP contribution in [0.5, 0.6) is 0 Å². The Balaban J connectivity index is 1.62. The van der Waals surface area contributed by atoms with Crippen molar-refractivity contribution in [1.29, 1.82) is 0 Å². The molecule has 1 aromatic carbocycles. The molecule has 0 saturated carbocycles. The second kappa shape index (κ2) is 7.70. The lowest BCUT2D eigenvalue weighted by atomic mass is 9.86. The maximum absolute atomic E-state index is 12.3. The summed E-state index contributed by atoms with van der Waals surface area (Å²) in [6.45, 7) is 3.37. The van der Waals surface area contributed by atoms with E-state index in [0.717, 1.165) is 34.9 Å². The number of carboxylic acid groups (broad SMARTS) is 1. The number of aryl methyl sites for hydroxylation is 1. The highest BCUT2D eigenvalue weighted by molar-refractivity contribution is 5.91. The number of aliphatic carboxylic acids is 1. The SMILES string of the molecule is Cc1cccc2[nH]cc(CC(=O)NCC(C(=O)O)C3CCOCC3)c12. The zero-order valence-electron chi connectivity index (χ0n) is 14.4. The highest BCUT2D eigenvalue weighted by Crippen LogP contribution is 2.24. The van der Waals surface area contributed by atoms with Crippen molar-refractivity contribution in [2.24, 2.45) is 11.8 Å². The predicted octanol–water partition coefficient (Wildman–Crippen LogP) is 2.26. The molecule has 0 spiro atoms. The largest absolute Gasteiger partial charge is 0.481 e. The number of carboxylic acids is 1. The number of carbonyl (C=O) groups excluding carboxylic acids is 1. The first-order valence-corrected chi connectivity index (χ1v) is 8.69. The van der Waals surface area contributed by atoms with Gasteiger partial charge in [0, 0.05) is 36.9 Å². The van der Waals surface area contributed by atoms with Crippen LogP contribution in [-0.4, -0.2) is 41.7 Å². The number of H-pyrrole nitrogens is 1. The summed E-state index contributed by atoms with van der Waals surface area (Å²) in [5.41, 5.74) is 3.06. The summed E-state index contributed by atoms with van der Waals surface area (Å²) in [5.74, 6) is -1.50. The van der Waals surface area contributed by atoms with Crippen LogP contribution in [0.3, 0.4) is 0 Å². The van der Waals surface area contributed by atoms with E-state index >= 15 is 0 Å². The van der Waals surface area contributed by atoms with Gasteiger partial charge >= 0.3 is 5.97 Å². The molecular weight excluding hydrogens is 320 g/mol. The first kappa shape index (κ1) is 17.5. The second-order valence-corrected chi connectivity index (χ2v) is 6.69. The number of fused-ring (bicyclic) bond motifs is 1. The Kier molecular flexibility index (Phi) is 5.38. The van der Waals surface area contributed by atoms with Crippen molar-refractivity contribution in [1.82, 2.24) is 10.3 Å². The number of aromatic nitrogens is 1. The van der Waals surface area contributed by atoms with Crippen molar-refractivity contribution in [2.75, 3.05) is 19.8 Å². The van der Waals surface area contributed by atoms with Crippen LogP contribution in [0.2, 0.25) is 0 Å². The van der Waals surface area contributed by atoms with Crippen LogP contribution in [0.25, 0.3) is 10.9 Å². The fraction of sp³-hybridized carbons (Fsp3) is 0.474. The van der Waals surface area contributed by atoms with E-state index in [1.54, 1.807) is 0 Å². The molecule has 1 aliphatic heterocycles. The number of hydrogen-bond acceptors (Lipinski definition) is 3. The third-order valence-corrected chi connectivity index (χ3v) is 5.02. The monoisotopic (exact) mass is 344 g/mol. The predicted molar refractivity (Wildman–Crippen MR) is 94.4 cm³/mol. The highest BCUT2D eigenvalue weighted by Gasteiger charge is 2.30. The number of aromatic amines is 1. The van der Waals surface area contributed by atoms with Crippen LogP contribution < -0.4 is 5.32 Å². The smallest absolute Gasteiger partial charge is 0.308 e. The van der Waals surface area contributed by atoms with Crippen LogP contribution in [0.15, 0.2) is 24.4 Å². The van der Waals surface area contributed by atoms with Gasteiger partial charge in [-0.2, -0.15) is 0 Å².